The van der Waals surface area contributed by atoms with E-state index < -0.39 is 25.8 Å². The molecule has 1 atom stereocenters. The van der Waals surface area contributed by atoms with Gasteiger partial charge in [-0.1, -0.05) is 24.3 Å². The number of aliphatic carboxylic acids is 1. The predicted octanol–water partition coefficient (Wildman–Crippen LogP) is 3.04. The van der Waals surface area contributed by atoms with Crippen molar-refractivity contribution in [1.82, 2.24) is 0 Å². The predicted molar refractivity (Wildman–Crippen MR) is 66.6 cm³/mol. The van der Waals surface area contributed by atoms with Crippen molar-refractivity contribution in [3.05, 3.63) is 42.0 Å². The molecule has 0 saturated carbocycles. The lowest BCUT2D eigenvalue weighted by molar-refractivity contribution is -0.138. The van der Waals surface area contributed by atoms with Crippen molar-refractivity contribution in [2.24, 2.45) is 0 Å². The number of hydrogen-bond acceptors (Lipinski definition) is 2. The minimum atomic E-state index is -3.06. The fraction of sp³-hybridized carbons (Fsp3) is 0.214. The molecule has 0 spiro atoms. The third kappa shape index (κ3) is 2.23. The first kappa shape index (κ1) is 5.54. The Hall–Kier alpha value is -2.03. The summed E-state index contributed by atoms with van der Waals surface area (Å²) in [6.07, 6.45) is 0. The molecule has 0 saturated heterocycles. The Labute approximate surface area is 109 Å². The summed E-state index contributed by atoms with van der Waals surface area (Å²) >= 11 is 0. The molecule has 0 aliphatic heterocycles. The maximum Gasteiger partial charge on any atom is 0.310 e. The zero-order valence-corrected chi connectivity index (χ0v) is 8.73. The van der Waals surface area contributed by atoms with Crippen molar-refractivity contribution in [3.8, 4) is 5.75 Å². The summed E-state index contributed by atoms with van der Waals surface area (Å²) in [5, 5.41) is 10.2. The van der Waals surface area contributed by atoms with Crippen LogP contribution in [0.1, 0.15) is 27.9 Å². The number of carboxylic acids is 1. The molecule has 1 unspecified atom stereocenters. The molecule has 3 heteroatoms. The van der Waals surface area contributed by atoms with Crippen molar-refractivity contribution >= 4 is 16.7 Å². The van der Waals surface area contributed by atoms with E-state index in [1.54, 1.807) is 0 Å². The lowest BCUT2D eigenvalue weighted by Crippen LogP contribution is -2.06. The van der Waals surface area contributed by atoms with E-state index in [0.29, 0.717) is 10.8 Å². The van der Waals surface area contributed by atoms with Crippen LogP contribution in [0.15, 0.2) is 36.4 Å². The molecular formula is C14H14O3. The van der Waals surface area contributed by atoms with Gasteiger partial charge in [0.05, 0.1) is 17.0 Å². The lowest BCUT2D eigenvalue weighted by Gasteiger charge is -2.08. The lowest BCUT2D eigenvalue weighted by atomic mass is 9.98. The van der Waals surface area contributed by atoms with E-state index in [-0.39, 0.29) is 11.3 Å². The third-order valence-electron chi connectivity index (χ3n) is 2.43. The van der Waals surface area contributed by atoms with Crippen LogP contribution in [0.25, 0.3) is 10.8 Å². The van der Waals surface area contributed by atoms with E-state index >= 15 is 0 Å². The van der Waals surface area contributed by atoms with Crippen LogP contribution in [0.4, 0.5) is 0 Å². The van der Waals surface area contributed by atoms with Gasteiger partial charge in [-0.05, 0) is 35.3 Å². The Balaban J connectivity index is 2.53. The monoisotopic (exact) mass is 237 g/mol. The maximum absolute atomic E-state index is 11.4. The Morgan fingerprint density at radius 2 is 2.12 bits per heavy atom. The van der Waals surface area contributed by atoms with Gasteiger partial charge in [-0.3, -0.25) is 4.79 Å². The number of rotatable bonds is 3. The molecule has 0 aromatic heterocycles. The van der Waals surface area contributed by atoms with Gasteiger partial charge in [-0.25, -0.2) is 0 Å². The van der Waals surface area contributed by atoms with Crippen LogP contribution in [-0.4, -0.2) is 18.1 Å². The van der Waals surface area contributed by atoms with Crippen LogP contribution >= 0.6 is 0 Å². The van der Waals surface area contributed by atoms with E-state index in [9.17, 15) is 9.90 Å². The third-order valence-corrected chi connectivity index (χ3v) is 2.43. The Morgan fingerprint density at radius 3 is 2.82 bits per heavy atom. The minimum absolute atomic E-state index is 0.0986. The van der Waals surface area contributed by atoms with Gasteiger partial charge < -0.3 is 9.84 Å². The van der Waals surface area contributed by atoms with Gasteiger partial charge >= 0.3 is 5.97 Å². The van der Waals surface area contributed by atoms with Crippen molar-refractivity contribution < 1.29 is 24.2 Å². The molecule has 0 fully saturated rings. The highest BCUT2D eigenvalue weighted by Gasteiger charge is 2.13. The quantitative estimate of drug-likeness (QED) is 0.892. The molecule has 0 amide bonds. The Kier molecular flexibility index (Phi) is 1.45. The fourth-order valence-corrected chi connectivity index (χ4v) is 1.57. The number of benzene rings is 2. The Morgan fingerprint density at radius 1 is 1.35 bits per heavy atom. The van der Waals surface area contributed by atoms with Gasteiger partial charge in [0.25, 0.3) is 0 Å². The molecule has 1 N–H and O–H groups in total. The molecule has 0 radical (unpaired) electrons. The highest BCUT2D eigenvalue weighted by molar-refractivity contribution is 5.86. The second-order valence-corrected chi connectivity index (χ2v) is 3.51. The Bertz CT molecular complexity index is 782. The van der Waals surface area contributed by atoms with E-state index in [2.05, 4.69) is 0 Å². The molecule has 0 bridgehead atoms. The number of methoxy groups -OCH3 is 1. The number of carboxylic acid groups (broad SMARTS) is 1. The fourth-order valence-electron chi connectivity index (χ4n) is 1.57. The van der Waals surface area contributed by atoms with Crippen LogP contribution in [0.5, 0.6) is 5.75 Å². The van der Waals surface area contributed by atoms with E-state index in [0.717, 1.165) is 0 Å². The highest BCUT2D eigenvalue weighted by atomic mass is 16.5. The summed E-state index contributed by atoms with van der Waals surface area (Å²) in [4.78, 5) is 11.4. The van der Waals surface area contributed by atoms with E-state index in [1.807, 2.05) is 0 Å². The molecule has 2 aromatic rings. The summed E-state index contributed by atoms with van der Waals surface area (Å²) in [6, 6.07) is 8.24. The summed E-state index contributed by atoms with van der Waals surface area (Å²) in [5.41, 5.74) is -0.188. The SMILES string of the molecule is [2H]C([2H])([2H])Oc1ccc2cc(C([2H])(C(=O)O)C([2H])([2H])[2H])ccc2c1. The molecule has 0 heterocycles. The van der Waals surface area contributed by atoms with Crippen molar-refractivity contribution in [2.75, 3.05) is 7.04 Å². The number of ether oxygens (including phenoxy) is 1. The largest absolute Gasteiger partial charge is 0.497 e. The zero-order valence-electron chi connectivity index (χ0n) is 15.7. The van der Waals surface area contributed by atoms with Crippen molar-refractivity contribution in [1.29, 1.82) is 0 Å². The highest BCUT2D eigenvalue weighted by Crippen LogP contribution is 2.25. The molecular weight excluding hydrogens is 216 g/mol. The first-order valence-electron chi connectivity index (χ1n) is 8.31. The summed E-state index contributed by atoms with van der Waals surface area (Å²) in [7, 11) is -2.60. The van der Waals surface area contributed by atoms with Crippen LogP contribution in [0, 0.1) is 0 Å². The average molecular weight is 237 g/mol. The second-order valence-electron chi connectivity index (χ2n) is 3.51. The zero-order chi connectivity index (χ0) is 18.3. The van der Waals surface area contributed by atoms with Crippen LogP contribution < -0.4 is 4.74 Å². The number of carbonyl (C=O) groups is 1. The van der Waals surface area contributed by atoms with E-state index in [4.69, 9.17) is 14.3 Å². The standard InChI is InChI=1S/C14H14O3/c1-9(14(15)16)10-3-4-12-8-13(17-2)6-5-11(12)7-10/h3-9H,1-2H3,(H,15,16)/i1D3,2D3,9D. The van der Waals surface area contributed by atoms with Crippen molar-refractivity contribution in [3.63, 3.8) is 0 Å². The normalized spacial score (nSPS) is 21.8. The van der Waals surface area contributed by atoms with Crippen molar-refractivity contribution in [2.45, 2.75) is 12.7 Å². The first-order chi connectivity index (χ1) is 10.8. The molecule has 0 aliphatic carbocycles. The summed E-state index contributed by atoms with van der Waals surface area (Å²) in [5.74, 6) is -4.47. The van der Waals surface area contributed by atoms with Crippen LogP contribution in [-0.2, 0) is 4.79 Å². The van der Waals surface area contributed by atoms with Gasteiger partial charge in [0.2, 0.25) is 0 Å². The minimum Gasteiger partial charge on any atom is -0.497 e. The molecule has 2 rings (SSSR count). The van der Waals surface area contributed by atoms with Gasteiger partial charge in [-0.15, -0.1) is 0 Å². The average Bonchev–Trinajstić information content (AvgIpc) is 2.42. The van der Waals surface area contributed by atoms with Crippen LogP contribution in [0.3, 0.4) is 0 Å². The molecule has 17 heavy (non-hydrogen) atoms. The molecule has 3 nitrogen and oxygen atoms in total. The smallest absolute Gasteiger partial charge is 0.310 e. The number of fused-ring (bicyclic) bond motifs is 1. The first-order valence-corrected chi connectivity index (χ1v) is 4.81. The summed E-state index contributed by atoms with van der Waals surface area (Å²) < 4.78 is 56.1. The molecule has 0 aliphatic rings. The van der Waals surface area contributed by atoms with Gasteiger partial charge in [0, 0.05) is 5.48 Å². The van der Waals surface area contributed by atoms with Crippen LogP contribution in [0.2, 0.25) is 0 Å². The molecule has 88 valence electrons. The number of hydrogen-bond donors (Lipinski definition) is 1. The summed E-state index contributed by atoms with van der Waals surface area (Å²) in [6.45, 7) is -3.06. The van der Waals surface area contributed by atoms with Gasteiger partial charge in [0.15, 0.2) is 0 Å². The van der Waals surface area contributed by atoms with E-state index in [1.165, 1.54) is 36.4 Å². The second kappa shape index (κ2) is 4.45. The topological polar surface area (TPSA) is 46.5 Å². The molecule has 2 aromatic carbocycles. The van der Waals surface area contributed by atoms with Gasteiger partial charge in [-0.2, -0.15) is 0 Å². The maximum atomic E-state index is 11.4. The van der Waals surface area contributed by atoms with Gasteiger partial charge in [0.1, 0.15) is 5.75 Å².